The Morgan fingerprint density at radius 2 is 2.20 bits per heavy atom. The largest absolute Gasteiger partial charge is 0.367 e. The van der Waals surface area contributed by atoms with Crippen molar-refractivity contribution in [2.45, 2.75) is 13.5 Å². The van der Waals surface area contributed by atoms with Gasteiger partial charge in [-0.05, 0) is 32.1 Å². The number of hydrogen-bond acceptors (Lipinski definition) is 5. The van der Waals surface area contributed by atoms with E-state index in [1.54, 1.807) is 23.9 Å². The lowest BCUT2D eigenvalue weighted by atomic mass is 10.1. The fourth-order valence-corrected chi connectivity index (χ4v) is 2.64. The topological polar surface area (TPSA) is 58.4 Å². The first-order chi connectivity index (χ1) is 9.40. The molecule has 0 aliphatic rings. The quantitative estimate of drug-likeness (QED) is 0.495. The Labute approximate surface area is 128 Å². The van der Waals surface area contributed by atoms with E-state index in [1.807, 2.05) is 21.0 Å². The van der Waals surface area contributed by atoms with Gasteiger partial charge in [0.25, 0.3) is 5.69 Å². The normalized spacial score (nSPS) is 10.6. The average molecular weight is 313 g/mol. The maximum Gasteiger partial charge on any atom is 0.269 e. The fraction of sp³-hybridized carbons (Fsp3) is 0.462. The third-order valence-electron chi connectivity index (χ3n) is 2.74. The summed E-state index contributed by atoms with van der Waals surface area (Å²) in [6, 6.07) is 4.87. The smallest absolute Gasteiger partial charge is 0.269 e. The Morgan fingerprint density at radius 1 is 1.50 bits per heavy atom. The van der Waals surface area contributed by atoms with Crippen LogP contribution in [0.25, 0.3) is 0 Å². The summed E-state index contributed by atoms with van der Waals surface area (Å²) in [4.78, 5) is 12.5. The van der Waals surface area contributed by atoms with Gasteiger partial charge in [0.15, 0.2) is 0 Å². The van der Waals surface area contributed by atoms with Crippen LogP contribution in [0.4, 0.5) is 5.69 Å². The number of hydrogen-bond donors (Lipinski definition) is 1. The molecule has 1 aromatic carbocycles. The predicted molar refractivity (Wildman–Crippen MR) is 88.3 cm³/mol. The van der Waals surface area contributed by atoms with Crippen LogP contribution >= 0.6 is 24.0 Å². The molecule has 0 amide bonds. The molecular formula is C13H19N3O2S2. The van der Waals surface area contributed by atoms with Crippen molar-refractivity contribution in [3.63, 3.8) is 0 Å². The van der Waals surface area contributed by atoms with Crippen LogP contribution in [0.2, 0.25) is 0 Å². The molecule has 1 N–H and O–H groups in total. The maximum atomic E-state index is 10.8. The number of nitro groups is 1. The van der Waals surface area contributed by atoms with Crippen molar-refractivity contribution in [3.05, 3.63) is 39.4 Å². The van der Waals surface area contributed by atoms with Crippen molar-refractivity contribution in [2.24, 2.45) is 0 Å². The highest BCUT2D eigenvalue weighted by molar-refractivity contribution is 8.22. The number of nitrogens with one attached hydrogen (secondary N) is 1. The second-order valence-corrected chi connectivity index (χ2v) is 6.43. The molecule has 0 saturated heterocycles. The Bertz CT molecular complexity index is 493. The number of rotatable bonds is 6. The van der Waals surface area contributed by atoms with Crippen LogP contribution < -0.4 is 5.32 Å². The summed E-state index contributed by atoms with van der Waals surface area (Å²) >= 11 is 6.82. The zero-order valence-electron chi connectivity index (χ0n) is 11.9. The van der Waals surface area contributed by atoms with E-state index in [4.69, 9.17) is 12.2 Å². The molecule has 0 aliphatic heterocycles. The number of aryl methyl sites for hydroxylation is 1. The zero-order chi connectivity index (χ0) is 15.1. The summed E-state index contributed by atoms with van der Waals surface area (Å²) in [7, 11) is 4.03. The molecule has 0 aromatic heterocycles. The van der Waals surface area contributed by atoms with E-state index in [9.17, 15) is 10.1 Å². The van der Waals surface area contributed by atoms with Gasteiger partial charge in [0.1, 0.15) is 4.32 Å². The molecule has 7 heteroatoms. The first-order valence-electron chi connectivity index (χ1n) is 6.19. The average Bonchev–Trinajstić information content (AvgIpc) is 2.37. The molecule has 0 fully saturated rings. The highest BCUT2D eigenvalue weighted by Gasteiger charge is 2.09. The van der Waals surface area contributed by atoms with Gasteiger partial charge in [-0.25, -0.2) is 0 Å². The summed E-state index contributed by atoms with van der Waals surface area (Å²) in [6.07, 6.45) is 0. The monoisotopic (exact) mass is 313 g/mol. The van der Waals surface area contributed by atoms with Crippen molar-refractivity contribution in [1.29, 1.82) is 0 Å². The van der Waals surface area contributed by atoms with Crippen molar-refractivity contribution < 1.29 is 4.92 Å². The van der Waals surface area contributed by atoms with Gasteiger partial charge in [-0.1, -0.05) is 30.0 Å². The van der Waals surface area contributed by atoms with Crippen LogP contribution in [0.3, 0.4) is 0 Å². The third-order valence-corrected chi connectivity index (χ3v) is 4.03. The van der Waals surface area contributed by atoms with Gasteiger partial charge in [-0.3, -0.25) is 10.1 Å². The SMILES string of the molecule is Cc1ccc([N+](=O)[O-])cc1CNC(=S)SCCN(C)C. The van der Waals surface area contributed by atoms with E-state index in [0.717, 1.165) is 27.7 Å². The van der Waals surface area contributed by atoms with Gasteiger partial charge >= 0.3 is 0 Å². The molecule has 110 valence electrons. The first-order valence-corrected chi connectivity index (χ1v) is 7.59. The number of nitro benzene ring substituents is 1. The number of benzene rings is 1. The predicted octanol–water partition coefficient (Wildman–Crippen LogP) is 2.57. The molecule has 0 unspecified atom stereocenters. The minimum Gasteiger partial charge on any atom is -0.367 e. The summed E-state index contributed by atoms with van der Waals surface area (Å²) < 4.78 is 0.720. The summed E-state index contributed by atoms with van der Waals surface area (Å²) in [6.45, 7) is 3.41. The van der Waals surface area contributed by atoms with E-state index in [0.29, 0.717) is 6.54 Å². The molecule has 0 radical (unpaired) electrons. The Balaban J connectivity index is 2.50. The van der Waals surface area contributed by atoms with Gasteiger partial charge in [-0.2, -0.15) is 0 Å². The van der Waals surface area contributed by atoms with Gasteiger partial charge in [0.2, 0.25) is 0 Å². The number of nitrogens with zero attached hydrogens (tertiary/aromatic N) is 2. The molecule has 0 spiro atoms. The lowest BCUT2D eigenvalue weighted by molar-refractivity contribution is -0.384. The van der Waals surface area contributed by atoms with Crippen molar-refractivity contribution in [2.75, 3.05) is 26.4 Å². The molecule has 1 rings (SSSR count). The van der Waals surface area contributed by atoms with Crippen LogP contribution in [0, 0.1) is 17.0 Å². The molecule has 0 saturated carbocycles. The minimum absolute atomic E-state index is 0.110. The summed E-state index contributed by atoms with van der Waals surface area (Å²) in [5, 5.41) is 13.9. The highest BCUT2D eigenvalue weighted by atomic mass is 32.2. The van der Waals surface area contributed by atoms with E-state index < -0.39 is 0 Å². The number of thiocarbonyl (C=S) groups is 1. The third kappa shape index (κ3) is 5.85. The molecule has 0 heterocycles. The molecule has 0 atom stereocenters. The van der Waals surface area contributed by atoms with Crippen molar-refractivity contribution >= 4 is 34.0 Å². The molecular weight excluding hydrogens is 294 g/mol. The standard InChI is InChI=1S/C13H19N3O2S2/c1-10-4-5-12(16(17)18)8-11(10)9-14-13(19)20-7-6-15(2)3/h4-5,8H,6-7,9H2,1-3H3,(H,14,19). The lowest BCUT2D eigenvalue weighted by Crippen LogP contribution is -2.21. The van der Waals surface area contributed by atoms with E-state index in [-0.39, 0.29) is 10.6 Å². The second kappa shape index (κ2) is 8.18. The highest BCUT2D eigenvalue weighted by Crippen LogP contribution is 2.17. The van der Waals surface area contributed by atoms with E-state index in [1.165, 1.54) is 6.07 Å². The van der Waals surface area contributed by atoms with Gasteiger partial charge in [0.05, 0.1) is 4.92 Å². The van der Waals surface area contributed by atoms with Gasteiger partial charge in [-0.15, -0.1) is 0 Å². The van der Waals surface area contributed by atoms with Gasteiger partial charge in [0, 0.05) is 31.0 Å². The van der Waals surface area contributed by atoms with Crippen LogP contribution in [-0.4, -0.2) is 40.5 Å². The molecule has 5 nitrogen and oxygen atoms in total. The fourth-order valence-electron chi connectivity index (χ4n) is 1.50. The Kier molecular flexibility index (Phi) is 6.90. The molecule has 0 aliphatic carbocycles. The second-order valence-electron chi connectivity index (χ2n) is 4.66. The molecule has 20 heavy (non-hydrogen) atoms. The van der Waals surface area contributed by atoms with Crippen LogP contribution in [0.5, 0.6) is 0 Å². The zero-order valence-corrected chi connectivity index (χ0v) is 13.5. The van der Waals surface area contributed by atoms with E-state index in [2.05, 4.69) is 10.2 Å². The van der Waals surface area contributed by atoms with Crippen molar-refractivity contribution in [1.82, 2.24) is 10.2 Å². The Morgan fingerprint density at radius 3 is 2.80 bits per heavy atom. The maximum absolute atomic E-state index is 10.8. The minimum atomic E-state index is -0.382. The lowest BCUT2D eigenvalue weighted by Gasteiger charge is -2.11. The van der Waals surface area contributed by atoms with Gasteiger partial charge < -0.3 is 10.2 Å². The van der Waals surface area contributed by atoms with Crippen LogP contribution in [-0.2, 0) is 6.54 Å². The van der Waals surface area contributed by atoms with Crippen LogP contribution in [0.15, 0.2) is 18.2 Å². The Hall–Kier alpha value is -1.18. The van der Waals surface area contributed by atoms with E-state index >= 15 is 0 Å². The van der Waals surface area contributed by atoms with Crippen LogP contribution in [0.1, 0.15) is 11.1 Å². The summed E-state index contributed by atoms with van der Waals surface area (Å²) in [5.74, 6) is 0.923. The number of thioether (sulfide) groups is 1. The summed E-state index contributed by atoms with van der Waals surface area (Å²) in [5.41, 5.74) is 2.03. The first kappa shape index (κ1) is 16.9. The molecule has 1 aromatic rings. The number of non-ortho nitro benzene ring substituents is 1. The molecule has 0 bridgehead atoms. The van der Waals surface area contributed by atoms with Crippen molar-refractivity contribution in [3.8, 4) is 0 Å².